The molecular formula is C18H32N2O2. The van der Waals surface area contributed by atoms with Crippen LogP contribution in [0.4, 0.5) is 0 Å². The zero-order chi connectivity index (χ0) is 15.0. The summed E-state index contributed by atoms with van der Waals surface area (Å²) in [5.74, 6) is 0.795. The predicted octanol–water partition coefficient (Wildman–Crippen LogP) is 1.77. The summed E-state index contributed by atoms with van der Waals surface area (Å²) in [4.78, 5) is 2.52. The first-order valence-electron chi connectivity index (χ1n) is 9.55. The highest BCUT2D eigenvalue weighted by Gasteiger charge is 2.64. The minimum absolute atomic E-state index is 0.0501. The number of ether oxygens (including phenoxy) is 1. The van der Waals surface area contributed by atoms with Crippen molar-refractivity contribution in [1.82, 2.24) is 10.2 Å². The summed E-state index contributed by atoms with van der Waals surface area (Å²) >= 11 is 0. The summed E-state index contributed by atoms with van der Waals surface area (Å²) in [7, 11) is 0. The molecule has 0 aromatic carbocycles. The number of nitrogens with zero attached hydrogens (tertiary/aromatic N) is 1. The molecule has 0 aromatic heterocycles. The topological polar surface area (TPSA) is 44.7 Å². The van der Waals surface area contributed by atoms with Crippen molar-refractivity contribution in [3.63, 3.8) is 0 Å². The summed E-state index contributed by atoms with van der Waals surface area (Å²) < 4.78 is 6.06. The van der Waals surface area contributed by atoms with Crippen LogP contribution in [-0.2, 0) is 4.74 Å². The maximum absolute atomic E-state index is 9.56. The van der Waals surface area contributed by atoms with E-state index in [9.17, 15) is 5.11 Å². The Morgan fingerprint density at radius 3 is 2.68 bits per heavy atom. The molecule has 22 heavy (non-hydrogen) atoms. The molecule has 4 fully saturated rings. The van der Waals surface area contributed by atoms with Gasteiger partial charge < -0.3 is 20.1 Å². The Morgan fingerprint density at radius 1 is 1.14 bits per heavy atom. The molecule has 0 bridgehead atoms. The number of aliphatic hydroxyl groups is 1. The largest absolute Gasteiger partial charge is 0.393 e. The van der Waals surface area contributed by atoms with E-state index in [1.165, 1.54) is 45.1 Å². The molecule has 3 unspecified atom stereocenters. The maximum atomic E-state index is 9.56. The van der Waals surface area contributed by atoms with Crippen LogP contribution in [0.15, 0.2) is 0 Å². The third-order valence-electron chi connectivity index (χ3n) is 6.86. The van der Waals surface area contributed by atoms with Crippen LogP contribution in [0.1, 0.15) is 51.4 Å². The van der Waals surface area contributed by atoms with Gasteiger partial charge in [0.05, 0.1) is 12.2 Å². The molecule has 0 aromatic rings. The van der Waals surface area contributed by atoms with Crippen LogP contribution in [0.25, 0.3) is 0 Å². The number of aliphatic hydroxyl groups excluding tert-OH is 1. The van der Waals surface area contributed by atoms with Crippen LogP contribution in [-0.4, -0.2) is 61.0 Å². The molecule has 1 spiro atoms. The average molecular weight is 308 g/mol. The quantitative estimate of drug-likeness (QED) is 0.760. The predicted molar refractivity (Wildman–Crippen MR) is 86.8 cm³/mol. The molecule has 0 amide bonds. The van der Waals surface area contributed by atoms with Crippen molar-refractivity contribution in [2.75, 3.05) is 32.8 Å². The standard InChI is InChI=1S/C18H32N2O2/c21-14-4-11-20(12-5-14)10-3-9-19-16-15-6-13-22-17(15)18(16)7-1-2-8-18/h14-17,19,21H,1-13H2. The monoisotopic (exact) mass is 308 g/mol. The molecule has 2 saturated carbocycles. The molecule has 4 rings (SSSR count). The van der Waals surface area contributed by atoms with E-state index in [2.05, 4.69) is 10.2 Å². The van der Waals surface area contributed by atoms with Crippen LogP contribution in [0.2, 0.25) is 0 Å². The van der Waals surface area contributed by atoms with Gasteiger partial charge in [0, 0.05) is 37.1 Å². The first kappa shape index (κ1) is 15.4. The Morgan fingerprint density at radius 2 is 1.91 bits per heavy atom. The van der Waals surface area contributed by atoms with Crippen LogP contribution in [0.3, 0.4) is 0 Å². The fraction of sp³-hybridized carbons (Fsp3) is 1.00. The second-order valence-corrected chi connectivity index (χ2v) is 8.04. The van der Waals surface area contributed by atoms with Crippen LogP contribution >= 0.6 is 0 Å². The van der Waals surface area contributed by atoms with E-state index in [0.717, 1.165) is 51.0 Å². The van der Waals surface area contributed by atoms with Crippen molar-refractivity contribution in [2.45, 2.75) is 69.6 Å². The third-order valence-corrected chi connectivity index (χ3v) is 6.86. The molecule has 4 aliphatic rings. The zero-order valence-corrected chi connectivity index (χ0v) is 13.8. The minimum atomic E-state index is -0.0501. The lowest BCUT2D eigenvalue weighted by atomic mass is 9.54. The van der Waals surface area contributed by atoms with Crippen molar-refractivity contribution < 1.29 is 9.84 Å². The van der Waals surface area contributed by atoms with E-state index in [0.29, 0.717) is 11.5 Å². The van der Waals surface area contributed by atoms with Crippen molar-refractivity contribution in [3.8, 4) is 0 Å². The summed E-state index contributed by atoms with van der Waals surface area (Å²) in [5.41, 5.74) is 0.496. The van der Waals surface area contributed by atoms with E-state index in [1.807, 2.05) is 0 Å². The third kappa shape index (κ3) is 2.62. The maximum Gasteiger partial charge on any atom is 0.0690 e. The van der Waals surface area contributed by atoms with Crippen LogP contribution in [0, 0.1) is 11.3 Å². The first-order chi connectivity index (χ1) is 10.8. The van der Waals surface area contributed by atoms with Gasteiger partial charge in [0.2, 0.25) is 0 Å². The highest BCUT2D eigenvalue weighted by molar-refractivity contribution is 5.16. The Bertz CT molecular complexity index is 375. The number of fused-ring (bicyclic) bond motifs is 2. The van der Waals surface area contributed by atoms with Crippen molar-refractivity contribution in [2.24, 2.45) is 11.3 Å². The van der Waals surface area contributed by atoms with Gasteiger partial charge in [-0.1, -0.05) is 12.8 Å². The Hall–Kier alpha value is -0.160. The fourth-order valence-electron chi connectivity index (χ4n) is 5.71. The zero-order valence-electron chi connectivity index (χ0n) is 13.8. The number of piperidine rings is 1. The minimum Gasteiger partial charge on any atom is -0.393 e. The molecule has 0 radical (unpaired) electrons. The lowest BCUT2D eigenvalue weighted by molar-refractivity contribution is -0.130. The molecular weight excluding hydrogens is 276 g/mol. The summed E-state index contributed by atoms with van der Waals surface area (Å²) in [6, 6.07) is 0.727. The second-order valence-electron chi connectivity index (χ2n) is 8.04. The molecule has 2 aliphatic heterocycles. The highest BCUT2D eigenvalue weighted by atomic mass is 16.5. The number of likely N-dealkylation sites (tertiary alicyclic amines) is 1. The number of rotatable bonds is 5. The van der Waals surface area contributed by atoms with Crippen molar-refractivity contribution in [3.05, 3.63) is 0 Å². The van der Waals surface area contributed by atoms with Gasteiger partial charge in [-0.3, -0.25) is 0 Å². The van der Waals surface area contributed by atoms with E-state index < -0.39 is 0 Å². The van der Waals surface area contributed by atoms with Gasteiger partial charge in [-0.15, -0.1) is 0 Å². The fourth-order valence-corrected chi connectivity index (χ4v) is 5.71. The van der Waals surface area contributed by atoms with Crippen molar-refractivity contribution >= 4 is 0 Å². The molecule has 3 atom stereocenters. The van der Waals surface area contributed by atoms with Gasteiger partial charge in [0.25, 0.3) is 0 Å². The number of hydrogen-bond acceptors (Lipinski definition) is 4. The first-order valence-corrected chi connectivity index (χ1v) is 9.55. The van der Waals surface area contributed by atoms with Gasteiger partial charge in [-0.05, 0) is 51.6 Å². The van der Waals surface area contributed by atoms with Gasteiger partial charge in [0.15, 0.2) is 0 Å². The summed E-state index contributed by atoms with van der Waals surface area (Å²) in [6.07, 6.45) is 10.5. The second kappa shape index (κ2) is 6.39. The van der Waals surface area contributed by atoms with E-state index in [1.54, 1.807) is 0 Å². The molecule has 2 heterocycles. The molecule has 4 heteroatoms. The van der Waals surface area contributed by atoms with Gasteiger partial charge in [-0.25, -0.2) is 0 Å². The average Bonchev–Trinajstić information content (AvgIpc) is 3.17. The van der Waals surface area contributed by atoms with Crippen LogP contribution in [0.5, 0.6) is 0 Å². The van der Waals surface area contributed by atoms with E-state index >= 15 is 0 Å². The summed E-state index contributed by atoms with van der Waals surface area (Å²) in [6.45, 7) is 5.48. The lowest BCUT2D eigenvalue weighted by Crippen LogP contribution is -2.67. The molecule has 2 saturated heterocycles. The Balaban J connectivity index is 1.22. The Labute approximate surface area is 134 Å². The number of hydrogen-bond donors (Lipinski definition) is 2. The normalized spacial score (nSPS) is 38.3. The molecule has 4 nitrogen and oxygen atoms in total. The number of nitrogens with one attached hydrogen (secondary N) is 1. The van der Waals surface area contributed by atoms with E-state index in [-0.39, 0.29) is 6.10 Å². The lowest BCUT2D eigenvalue weighted by Gasteiger charge is -2.57. The van der Waals surface area contributed by atoms with Crippen LogP contribution < -0.4 is 5.32 Å². The molecule has 2 aliphatic carbocycles. The van der Waals surface area contributed by atoms with E-state index in [4.69, 9.17) is 4.74 Å². The Kier molecular flexibility index (Phi) is 4.46. The SMILES string of the molecule is OC1CCN(CCCNC2C3CCOC3C23CCCC3)CC1. The smallest absolute Gasteiger partial charge is 0.0690 e. The highest BCUT2D eigenvalue weighted by Crippen LogP contribution is 2.60. The van der Waals surface area contributed by atoms with Crippen molar-refractivity contribution in [1.29, 1.82) is 0 Å². The molecule has 2 N–H and O–H groups in total. The van der Waals surface area contributed by atoms with Gasteiger partial charge in [-0.2, -0.15) is 0 Å². The van der Waals surface area contributed by atoms with Gasteiger partial charge >= 0.3 is 0 Å². The summed E-state index contributed by atoms with van der Waals surface area (Å²) in [5, 5.41) is 13.5. The molecule has 126 valence electrons. The van der Waals surface area contributed by atoms with Gasteiger partial charge in [0.1, 0.15) is 0 Å².